The summed E-state index contributed by atoms with van der Waals surface area (Å²) in [6.07, 6.45) is 3.49. The van der Waals surface area contributed by atoms with Gasteiger partial charge in [-0.25, -0.2) is 0 Å². The van der Waals surface area contributed by atoms with Crippen LogP contribution in [0.3, 0.4) is 0 Å². The van der Waals surface area contributed by atoms with E-state index in [1.807, 2.05) is 0 Å². The van der Waals surface area contributed by atoms with Crippen LogP contribution < -0.4 is 0 Å². The standard InChI is InChI=1S/C8H15NOS/c10-6-8-2-1-3-9(8)5-7(11)4-8/h7,10-11H,1-6H2. The molecule has 0 spiro atoms. The Morgan fingerprint density at radius 1 is 1.64 bits per heavy atom. The van der Waals surface area contributed by atoms with Crippen molar-refractivity contribution in [2.24, 2.45) is 0 Å². The zero-order valence-corrected chi connectivity index (χ0v) is 7.56. The number of thiol groups is 1. The third-order valence-electron chi connectivity index (χ3n) is 3.08. The molecular weight excluding hydrogens is 158 g/mol. The Balaban J connectivity index is 2.15. The van der Waals surface area contributed by atoms with Crippen LogP contribution in [0.1, 0.15) is 19.3 Å². The molecule has 3 heteroatoms. The zero-order chi connectivity index (χ0) is 7.90. The molecule has 2 atom stereocenters. The highest BCUT2D eigenvalue weighted by Crippen LogP contribution is 2.39. The van der Waals surface area contributed by atoms with E-state index in [1.54, 1.807) is 0 Å². The Labute approximate surface area is 73.0 Å². The molecule has 0 saturated carbocycles. The molecule has 0 bridgehead atoms. The Bertz CT molecular complexity index is 164. The van der Waals surface area contributed by atoms with Crippen LogP contribution in [0.4, 0.5) is 0 Å². The molecule has 2 rings (SSSR count). The Kier molecular flexibility index (Phi) is 1.90. The summed E-state index contributed by atoms with van der Waals surface area (Å²) >= 11 is 4.45. The molecule has 2 aliphatic heterocycles. The largest absolute Gasteiger partial charge is 0.394 e. The van der Waals surface area contributed by atoms with Crippen molar-refractivity contribution in [2.45, 2.75) is 30.1 Å². The number of aliphatic hydroxyl groups is 1. The summed E-state index contributed by atoms with van der Waals surface area (Å²) in [5.41, 5.74) is 0.131. The molecule has 0 aliphatic carbocycles. The fraction of sp³-hybridized carbons (Fsp3) is 1.00. The summed E-state index contributed by atoms with van der Waals surface area (Å²) in [4.78, 5) is 2.41. The molecular formula is C8H15NOS. The van der Waals surface area contributed by atoms with E-state index in [9.17, 15) is 5.11 Å². The smallest absolute Gasteiger partial charge is 0.0615 e. The van der Waals surface area contributed by atoms with Crippen LogP contribution in [-0.2, 0) is 0 Å². The van der Waals surface area contributed by atoms with Gasteiger partial charge < -0.3 is 5.11 Å². The van der Waals surface area contributed by atoms with Gasteiger partial charge in [-0.1, -0.05) is 0 Å². The van der Waals surface area contributed by atoms with Gasteiger partial charge in [0.2, 0.25) is 0 Å². The second-order valence-electron chi connectivity index (χ2n) is 3.79. The highest BCUT2D eigenvalue weighted by Gasteiger charge is 2.46. The fourth-order valence-electron chi connectivity index (χ4n) is 2.51. The lowest BCUT2D eigenvalue weighted by atomic mass is 9.95. The number of hydrogen-bond donors (Lipinski definition) is 2. The first-order chi connectivity index (χ1) is 5.27. The molecule has 2 heterocycles. The van der Waals surface area contributed by atoms with Gasteiger partial charge in [0, 0.05) is 17.3 Å². The van der Waals surface area contributed by atoms with Gasteiger partial charge in [0.15, 0.2) is 0 Å². The van der Waals surface area contributed by atoms with E-state index in [2.05, 4.69) is 17.5 Å². The molecule has 2 nitrogen and oxygen atoms in total. The van der Waals surface area contributed by atoms with Crippen molar-refractivity contribution in [2.75, 3.05) is 19.7 Å². The molecule has 2 aliphatic rings. The van der Waals surface area contributed by atoms with Crippen molar-refractivity contribution < 1.29 is 5.11 Å². The maximum absolute atomic E-state index is 9.27. The lowest BCUT2D eigenvalue weighted by Gasteiger charge is -2.29. The van der Waals surface area contributed by atoms with Gasteiger partial charge in [0.1, 0.15) is 0 Å². The number of aliphatic hydroxyl groups excluding tert-OH is 1. The summed E-state index contributed by atoms with van der Waals surface area (Å²) in [5, 5.41) is 9.76. The summed E-state index contributed by atoms with van der Waals surface area (Å²) in [7, 11) is 0. The van der Waals surface area contributed by atoms with E-state index in [-0.39, 0.29) is 5.54 Å². The Morgan fingerprint density at radius 2 is 2.45 bits per heavy atom. The average Bonchev–Trinajstić information content (AvgIpc) is 2.43. The van der Waals surface area contributed by atoms with Crippen LogP contribution in [0.15, 0.2) is 0 Å². The molecule has 0 amide bonds. The minimum Gasteiger partial charge on any atom is -0.394 e. The lowest BCUT2D eigenvalue weighted by Crippen LogP contribution is -2.41. The highest BCUT2D eigenvalue weighted by molar-refractivity contribution is 7.81. The van der Waals surface area contributed by atoms with Gasteiger partial charge in [-0.05, 0) is 25.8 Å². The Hall–Kier alpha value is 0.270. The highest BCUT2D eigenvalue weighted by atomic mass is 32.1. The molecule has 0 radical (unpaired) electrons. The number of fused-ring (bicyclic) bond motifs is 1. The molecule has 0 aromatic rings. The van der Waals surface area contributed by atoms with E-state index < -0.39 is 0 Å². The van der Waals surface area contributed by atoms with Gasteiger partial charge >= 0.3 is 0 Å². The van der Waals surface area contributed by atoms with Crippen molar-refractivity contribution in [3.8, 4) is 0 Å². The second-order valence-corrected chi connectivity index (χ2v) is 4.52. The SMILES string of the molecule is OCC12CCCN1CC(S)C2. The first kappa shape index (κ1) is 7.90. The minimum absolute atomic E-state index is 0.131. The third kappa shape index (κ3) is 1.10. The first-order valence-electron chi connectivity index (χ1n) is 4.31. The topological polar surface area (TPSA) is 23.5 Å². The van der Waals surface area contributed by atoms with Gasteiger partial charge in [-0.15, -0.1) is 0 Å². The van der Waals surface area contributed by atoms with Crippen LogP contribution in [0.5, 0.6) is 0 Å². The van der Waals surface area contributed by atoms with Gasteiger partial charge in [0.25, 0.3) is 0 Å². The molecule has 2 saturated heterocycles. The van der Waals surface area contributed by atoms with Gasteiger partial charge in [-0.2, -0.15) is 12.6 Å². The molecule has 11 heavy (non-hydrogen) atoms. The monoisotopic (exact) mass is 173 g/mol. The van der Waals surface area contributed by atoms with Crippen LogP contribution in [0.25, 0.3) is 0 Å². The van der Waals surface area contributed by atoms with Crippen molar-refractivity contribution in [3.05, 3.63) is 0 Å². The molecule has 2 unspecified atom stereocenters. The minimum atomic E-state index is 0.131. The van der Waals surface area contributed by atoms with E-state index in [0.717, 1.165) is 19.5 Å². The molecule has 1 N–H and O–H groups in total. The van der Waals surface area contributed by atoms with Crippen molar-refractivity contribution >= 4 is 12.6 Å². The second kappa shape index (κ2) is 2.64. The van der Waals surface area contributed by atoms with Gasteiger partial charge in [0.05, 0.1) is 6.61 Å². The summed E-state index contributed by atoms with van der Waals surface area (Å²) in [6.45, 7) is 2.56. The predicted octanol–water partition coefficient (Wildman–Crippen LogP) is 0.515. The van der Waals surface area contributed by atoms with Gasteiger partial charge in [-0.3, -0.25) is 4.90 Å². The average molecular weight is 173 g/mol. The van der Waals surface area contributed by atoms with E-state index in [1.165, 1.54) is 12.8 Å². The summed E-state index contributed by atoms with van der Waals surface area (Å²) < 4.78 is 0. The third-order valence-corrected chi connectivity index (χ3v) is 3.43. The number of rotatable bonds is 1. The fourth-order valence-corrected chi connectivity index (χ4v) is 3.05. The van der Waals surface area contributed by atoms with E-state index in [0.29, 0.717) is 11.9 Å². The van der Waals surface area contributed by atoms with Crippen LogP contribution >= 0.6 is 12.6 Å². The number of hydrogen-bond acceptors (Lipinski definition) is 3. The van der Waals surface area contributed by atoms with Crippen molar-refractivity contribution in [1.82, 2.24) is 4.90 Å². The maximum Gasteiger partial charge on any atom is 0.0615 e. The molecule has 2 fully saturated rings. The quantitative estimate of drug-likeness (QED) is 0.565. The maximum atomic E-state index is 9.27. The number of nitrogens with zero attached hydrogens (tertiary/aromatic N) is 1. The summed E-state index contributed by atoms with van der Waals surface area (Å²) in [6, 6.07) is 0. The van der Waals surface area contributed by atoms with Crippen molar-refractivity contribution in [3.63, 3.8) is 0 Å². The lowest BCUT2D eigenvalue weighted by molar-refractivity contribution is 0.0999. The zero-order valence-electron chi connectivity index (χ0n) is 6.66. The predicted molar refractivity (Wildman–Crippen MR) is 48.0 cm³/mol. The van der Waals surface area contributed by atoms with Crippen LogP contribution in [-0.4, -0.2) is 40.5 Å². The normalized spacial score (nSPS) is 44.7. The first-order valence-corrected chi connectivity index (χ1v) is 4.82. The van der Waals surface area contributed by atoms with Crippen molar-refractivity contribution in [1.29, 1.82) is 0 Å². The molecule has 0 aromatic carbocycles. The molecule has 0 aromatic heterocycles. The van der Waals surface area contributed by atoms with Crippen LogP contribution in [0, 0.1) is 0 Å². The van der Waals surface area contributed by atoms with E-state index >= 15 is 0 Å². The van der Waals surface area contributed by atoms with Crippen LogP contribution in [0.2, 0.25) is 0 Å². The Morgan fingerprint density at radius 3 is 3.09 bits per heavy atom. The van der Waals surface area contributed by atoms with E-state index in [4.69, 9.17) is 0 Å². The summed E-state index contributed by atoms with van der Waals surface area (Å²) in [5.74, 6) is 0. The molecule has 64 valence electrons.